The predicted molar refractivity (Wildman–Crippen MR) is 37.6 cm³/mol. The third kappa shape index (κ3) is 2.60. The molecule has 4 N–H and O–H groups in total. The van der Waals surface area contributed by atoms with E-state index in [0.29, 0.717) is 12.1 Å². The number of hydrogen-bond donors (Lipinski definition) is 3. The van der Waals surface area contributed by atoms with Crippen LogP contribution in [-0.2, 0) is 0 Å². The molecule has 0 aromatic heterocycles. The Morgan fingerprint density at radius 1 is 1.89 bits per heavy atom. The fourth-order valence-electron chi connectivity index (χ4n) is 0.350. The zero-order valence-electron chi connectivity index (χ0n) is 5.94. The zero-order valence-corrected chi connectivity index (χ0v) is 5.94. The van der Waals surface area contributed by atoms with E-state index in [0.717, 1.165) is 0 Å². The molecule has 0 aliphatic rings. The number of rotatable bonds is 3. The Labute approximate surface area is 55.5 Å². The lowest BCUT2D eigenvalue weighted by molar-refractivity contribution is 0.0984. The minimum atomic E-state index is -0.880. The molecule has 0 heterocycles. The van der Waals surface area contributed by atoms with Gasteiger partial charge in [-0.1, -0.05) is 6.58 Å². The molecule has 54 valence electrons. The Balaban J connectivity index is 3.85. The van der Waals surface area contributed by atoms with Crippen LogP contribution in [0, 0.1) is 0 Å². The van der Waals surface area contributed by atoms with Crippen molar-refractivity contribution in [2.24, 2.45) is 5.84 Å². The maximum atomic E-state index is 9.35. The quantitative estimate of drug-likeness (QED) is 0.281. The van der Waals surface area contributed by atoms with Gasteiger partial charge in [-0.2, -0.15) is 0 Å². The molecule has 0 saturated heterocycles. The lowest BCUT2D eigenvalue weighted by Gasteiger charge is -2.22. The van der Waals surface area contributed by atoms with Crippen LogP contribution in [0.1, 0.15) is 13.8 Å². The predicted octanol–water partition coefficient (Wildman–Crippen LogP) is -0.223. The summed E-state index contributed by atoms with van der Waals surface area (Å²) >= 11 is 0. The monoisotopic (exact) mass is 130 g/mol. The van der Waals surface area contributed by atoms with E-state index in [2.05, 4.69) is 12.0 Å². The molecular weight excluding hydrogens is 116 g/mol. The second-order valence-corrected chi connectivity index (χ2v) is 2.44. The Hall–Kier alpha value is -0.380. The summed E-state index contributed by atoms with van der Waals surface area (Å²) in [5.41, 5.74) is 2.21. The Morgan fingerprint density at radius 2 is 2.33 bits per heavy atom. The Bertz CT molecular complexity index is 110. The zero-order chi connectivity index (χ0) is 7.49. The highest BCUT2D eigenvalue weighted by atomic mass is 16.3. The van der Waals surface area contributed by atoms with E-state index in [-0.39, 0.29) is 0 Å². The largest absolute Gasteiger partial charge is 0.384 e. The summed E-state index contributed by atoms with van der Waals surface area (Å²) in [6, 6.07) is 0. The Morgan fingerprint density at radius 3 is 2.44 bits per heavy atom. The molecule has 3 heteroatoms. The van der Waals surface area contributed by atoms with E-state index < -0.39 is 5.60 Å². The first kappa shape index (κ1) is 8.62. The van der Waals surface area contributed by atoms with Crippen LogP contribution in [0.3, 0.4) is 0 Å². The van der Waals surface area contributed by atoms with Gasteiger partial charge in [0.15, 0.2) is 0 Å². The topological polar surface area (TPSA) is 58.3 Å². The first-order valence-corrected chi connectivity index (χ1v) is 2.82. The fourth-order valence-corrected chi connectivity index (χ4v) is 0.350. The van der Waals surface area contributed by atoms with Crippen molar-refractivity contribution in [3.05, 3.63) is 12.2 Å². The first-order valence-electron chi connectivity index (χ1n) is 2.82. The minimum Gasteiger partial charge on any atom is -0.384 e. The molecular formula is C6H14N2O. The lowest BCUT2D eigenvalue weighted by atomic mass is 9.99. The van der Waals surface area contributed by atoms with Crippen molar-refractivity contribution in [1.82, 2.24) is 5.43 Å². The average molecular weight is 130 g/mol. The molecule has 1 atom stereocenters. The van der Waals surface area contributed by atoms with Crippen LogP contribution in [0.15, 0.2) is 12.2 Å². The first-order chi connectivity index (χ1) is 4.00. The molecule has 0 saturated carbocycles. The van der Waals surface area contributed by atoms with E-state index in [1.807, 2.05) is 0 Å². The van der Waals surface area contributed by atoms with Gasteiger partial charge in [-0.05, 0) is 19.4 Å². The molecule has 0 aliphatic carbocycles. The molecule has 0 rings (SSSR count). The fraction of sp³-hybridized carbons (Fsp3) is 0.667. The molecule has 3 nitrogen and oxygen atoms in total. The standard InChI is InChI=1S/C6H14N2O/c1-5(2)6(3,9)4-8-7/h8-9H,1,4,7H2,2-3H3. The van der Waals surface area contributed by atoms with Gasteiger partial charge in [0, 0.05) is 6.54 Å². The van der Waals surface area contributed by atoms with E-state index in [4.69, 9.17) is 5.84 Å². The maximum Gasteiger partial charge on any atom is 0.0961 e. The molecule has 0 aromatic carbocycles. The highest BCUT2D eigenvalue weighted by Gasteiger charge is 2.19. The van der Waals surface area contributed by atoms with Crippen molar-refractivity contribution in [1.29, 1.82) is 0 Å². The molecule has 0 radical (unpaired) electrons. The number of hydrazine groups is 1. The Kier molecular flexibility index (Phi) is 2.84. The summed E-state index contributed by atoms with van der Waals surface area (Å²) in [5.74, 6) is 5.00. The third-order valence-corrected chi connectivity index (χ3v) is 1.37. The van der Waals surface area contributed by atoms with Crippen molar-refractivity contribution < 1.29 is 5.11 Å². The van der Waals surface area contributed by atoms with Gasteiger partial charge in [0.2, 0.25) is 0 Å². The molecule has 0 amide bonds. The second kappa shape index (κ2) is 2.96. The average Bonchev–Trinajstić information content (AvgIpc) is 1.65. The van der Waals surface area contributed by atoms with Gasteiger partial charge in [0.25, 0.3) is 0 Å². The maximum absolute atomic E-state index is 9.35. The van der Waals surface area contributed by atoms with Crippen molar-refractivity contribution in [3.8, 4) is 0 Å². The van der Waals surface area contributed by atoms with Gasteiger partial charge in [-0.25, -0.2) is 0 Å². The summed E-state index contributed by atoms with van der Waals surface area (Å²) in [4.78, 5) is 0. The summed E-state index contributed by atoms with van der Waals surface area (Å²) < 4.78 is 0. The van der Waals surface area contributed by atoms with Crippen molar-refractivity contribution in [2.75, 3.05) is 6.54 Å². The van der Waals surface area contributed by atoms with Gasteiger partial charge in [-0.15, -0.1) is 0 Å². The van der Waals surface area contributed by atoms with Crippen LogP contribution in [0.2, 0.25) is 0 Å². The molecule has 9 heavy (non-hydrogen) atoms. The molecule has 0 aliphatic heterocycles. The smallest absolute Gasteiger partial charge is 0.0961 e. The van der Waals surface area contributed by atoms with Crippen LogP contribution in [0.4, 0.5) is 0 Å². The van der Waals surface area contributed by atoms with Crippen molar-refractivity contribution >= 4 is 0 Å². The van der Waals surface area contributed by atoms with Crippen LogP contribution in [0.5, 0.6) is 0 Å². The van der Waals surface area contributed by atoms with Crippen LogP contribution >= 0.6 is 0 Å². The highest BCUT2D eigenvalue weighted by molar-refractivity contribution is 5.07. The van der Waals surface area contributed by atoms with Crippen LogP contribution in [-0.4, -0.2) is 17.3 Å². The van der Waals surface area contributed by atoms with E-state index >= 15 is 0 Å². The molecule has 1 unspecified atom stereocenters. The summed E-state index contributed by atoms with van der Waals surface area (Å²) in [7, 11) is 0. The normalized spacial score (nSPS) is 16.9. The second-order valence-electron chi connectivity index (χ2n) is 2.44. The van der Waals surface area contributed by atoms with Crippen LogP contribution in [0.25, 0.3) is 0 Å². The number of nitrogens with one attached hydrogen (secondary N) is 1. The molecule has 0 fully saturated rings. The third-order valence-electron chi connectivity index (χ3n) is 1.37. The summed E-state index contributed by atoms with van der Waals surface area (Å²) in [6.07, 6.45) is 0. The minimum absolute atomic E-state index is 0.336. The van der Waals surface area contributed by atoms with Gasteiger partial charge in [0.05, 0.1) is 5.60 Å². The highest BCUT2D eigenvalue weighted by Crippen LogP contribution is 2.10. The molecule has 0 spiro atoms. The summed E-state index contributed by atoms with van der Waals surface area (Å²) in [6.45, 7) is 7.36. The number of nitrogens with two attached hydrogens (primary N) is 1. The van der Waals surface area contributed by atoms with Crippen LogP contribution < -0.4 is 11.3 Å². The van der Waals surface area contributed by atoms with Crippen molar-refractivity contribution in [3.63, 3.8) is 0 Å². The molecule has 0 bridgehead atoms. The van der Waals surface area contributed by atoms with Gasteiger partial charge in [-0.3, -0.25) is 11.3 Å². The van der Waals surface area contributed by atoms with E-state index in [1.165, 1.54) is 0 Å². The van der Waals surface area contributed by atoms with E-state index in [9.17, 15) is 5.11 Å². The van der Waals surface area contributed by atoms with E-state index in [1.54, 1.807) is 13.8 Å². The lowest BCUT2D eigenvalue weighted by Crippen LogP contribution is -2.41. The molecule has 0 aromatic rings. The van der Waals surface area contributed by atoms with Gasteiger partial charge in [0.1, 0.15) is 0 Å². The van der Waals surface area contributed by atoms with Crippen molar-refractivity contribution in [2.45, 2.75) is 19.4 Å². The SMILES string of the molecule is C=C(C)C(C)(O)CNN. The number of hydrogen-bond acceptors (Lipinski definition) is 3. The summed E-state index contributed by atoms with van der Waals surface area (Å²) in [5, 5.41) is 9.35. The number of aliphatic hydroxyl groups is 1. The van der Waals surface area contributed by atoms with Gasteiger partial charge >= 0.3 is 0 Å². The van der Waals surface area contributed by atoms with Gasteiger partial charge < -0.3 is 5.11 Å².